The van der Waals surface area contributed by atoms with Crippen molar-refractivity contribution in [1.29, 1.82) is 5.26 Å². The Bertz CT molecular complexity index is 921. The zero-order valence-corrected chi connectivity index (χ0v) is 14.1. The van der Waals surface area contributed by atoms with Crippen molar-refractivity contribution in [2.75, 3.05) is 36.0 Å². The monoisotopic (exact) mass is 348 g/mol. The Morgan fingerprint density at radius 2 is 1.46 bits per heavy atom. The molecule has 0 bridgehead atoms. The molecule has 130 valence electrons. The molecule has 0 radical (unpaired) electrons. The minimum atomic E-state index is -0.321. The number of rotatable bonds is 3. The molecule has 1 aliphatic heterocycles. The average molecular weight is 348 g/mol. The lowest BCUT2D eigenvalue weighted by molar-refractivity contribution is 0.625. The molecule has 2 heterocycles. The van der Waals surface area contributed by atoms with Gasteiger partial charge in [0.05, 0.1) is 5.69 Å². The fraction of sp³-hybridized carbons (Fsp3) is 0.211. The number of benzene rings is 2. The molecule has 0 spiro atoms. The summed E-state index contributed by atoms with van der Waals surface area (Å²) < 4.78 is 13.1. The molecule has 1 fully saturated rings. The van der Waals surface area contributed by atoms with Gasteiger partial charge in [0.15, 0.2) is 5.82 Å². The number of halogens is 1. The van der Waals surface area contributed by atoms with Gasteiger partial charge in [-0.05, 0) is 36.4 Å². The van der Waals surface area contributed by atoms with Crippen molar-refractivity contribution in [3.05, 3.63) is 66.1 Å². The largest absolute Gasteiger partial charge is 0.368 e. The van der Waals surface area contributed by atoms with E-state index < -0.39 is 0 Å². The molecule has 3 aromatic rings. The molecule has 0 N–H and O–H groups in total. The van der Waals surface area contributed by atoms with E-state index in [9.17, 15) is 9.65 Å². The van der Waals surface area contributed by atoms with Crippen molar-refractivity contribution >= 4 is 11.5 Å². The molecule has 0 unspecified atom stereocenters. The lowest BCUT2D eigenvalue weighted by Gasteiger charge is -2.36. The van der Waals surface area contributed by atoms with Crippen molar-refractivity contribution in [2.24, 2.45) is 0 Å². The molecule has 0 amide bonds. The number of aromatic nitrogens is 3. The third kappa shape index (κ3) is 3.09. The van der Waals surface area contributed by atoms with E-state index in [4.69, 9.17) is 0 Å². The molecule has 26 heavy (non-hydrogen) atoms. The van der Waals surface area contributed by atoms with E-state index in [0.29, 0.717) is 11.5 Å². The molecule has 6 nitrogen and oxygen atoms in total. The second-order valence-corrected chi connectivity index (χ2v) is 6.06. The van der Waals surface area contributed by atoms with Gasteiger partial charge >= 0.3 is 0 Å². The average Bonchev–Trinajstić information content (AvgIpc) is 3.14. The van der Waals surface area contributed by atoms with E-state index >= 15 is 0 Å². The van der Waals surface area contributed by atoms with Gasteiger partial charge in [-0.25, -0.2) is 4.39 Å². The van der Waals surface area contributed by atoms with E-state index in [1.54, 1.807) is 12.1 Å². The van der Waals surface area contributed by atoms with Crippen LogP contribution in [0.3, 0.4) is 0 Å². The van der Waals surface area contributed by atoms with Gasteiger partial charge in [0.25, 0.3) is 0 Å². The first-order chi connectivity index (χ1) is 12.7. The van der Waals surface area contributed by atoms with Crippen LogP contribution in [0.2, 0.25) is 0 Å². The van der Waals surface area contributed by atoms with Gasteiger partial charge in [0.1, 0.15) is 11.9 Å². The molecule has 1 aliphatic rings. The molecule has 2 aromatic carbocycles. The van der Waals surface area contributed by atoms with E-state index in [0.717, 1.165) is 26.2 Å². The number of nitriles is 1. The highest BCUT2D eigenvalue weighted by molar-refractivity contribution is 5.53. The fourth-order valence-corrected chi connectivity index (χ4v) is 3.09. The number of hydrogen-bond donors (Lipinski definition) is 0. The summed E-state index contributed by atoms with van der Waals surface area (Å²) in [5, 5.41) is 18.1. The minimum Gasteiger partial charge on any atom is -0.368 e. The van der Waals surface area contributed by atoms with E-state index in [1.807, 2.05) is 18.2 Å². The first-order valence-corrected chi connectivity index (χ1v) is 8.43. The third-order valence-electron chi connectivity index (χ3n) is 4.46. The van der Waals surface area contributed by atoms with Crippen LogP contribution < -0.4 is 9.80 Å². The summed E-state index contributed by atoms with van der Waals surface area (Å²) in [5.74, 6) is 0.253. The Kier molecular flexibility index (Phi) is 4.23. The molecular formula is C19H17FN6. The molecule has 0 aliphatic carbocycles. The van der Waals surface area contributed by atoms with Crippen molar-refractivity contribution in [2.45, 2.75) is 0 Å². The fourth-order valence-electron chi connectivity index (χ4n) is 3.09. The number of para-hydroxylation sites is 1. The summed E-state index contributed by atoms with van der Waals surface area (Å²) in [4.78, 5) is 5.77. The van der Waals surface area contributed by atoms with Gasteiger partial charge < -0.3 is 9.80 Å². The van der Waals surface area contributed by atoms with Crippen molar-refractivity contribution in [3.63, 3.8) is 0 Å². The topological polar surface area (TPSA) is 61.0 Å². The van der Waals surface area contributed by atoms with Crippen LogP contribution in [-0.4, -0.2) is 41.2 Å². The Hall–Kier alpha value is -3.40. The van der Waals surface area contributed by atoms with Gasteiger partial charge in [-0.3, -0.25) is 0 Å². The third-order valence-corrected chi connectivity index (χ3v) is 4.46. The maximum absolute atomic E-state index is 13.1. The summed E-state index contributed by atoms with van der Waals surface area (Å²) in [6.07, 6.45) is 0. The summed E-state index contributed by atoms with van der Waals surface area (Å²) in [6.45, 7) is 3.20. The normalized spacial score (nSPS) is 14.3. The smallest absolute Gasteiger partial charge is 0.207 e. The lowest BCUT2D eigenvalue weighted by atomic mass is 10.2. The maximum atomic E-state index is 13.1. The van der Waals surface area contributed by atoms with Crippen LogP contribution >= 0.6 is 0 Å². The SMILES string of the molecule is N#Cc1nn(-c2ccc(F)cc2)nc1N1CCN(c2ccccc2)CC1. The minimum absolute atomic E-state index is 0.280. The number of piperazine rings is 1. The van der Waals surface area contributed by atoms with Crippen LogP contribution in [0, 0.1) is 17.1 Å². The number of hydrogen-bond acceptors (Lipinski definition) is 5. The standard InChI is InChI=1S/C19H17FN6/c20-15-6-8-17(9-7-15)26-22-18(14-21)19(23-26)25-12-10-24(11-13-25)16-4-2-1-3-5-16/h1-9H,10-13H2. The van der Waals surface area contributed by atoms with Crippen LogP contribution in [0.1, 0.15) is 5.69 Å². The quantitative estimate of drug-likeness (QED) is 0.728. The van der Waals surface area contributed by atoms with Gasteiger partial charge in [-0.15, -0.1) is 15.0 Å². The second-order valence-electron chi connectivity index (χ2n) is 6.06. The van der Waals surface area contributed by atoms with Crippen molar-refractivity contribution in [3.8, 4) is 11.8 Å². The summed E-state index contributed by atoms with van der Waals surface area (Å²) in [6, 6.07) is 18.3. The second kappa shape index (κ2) is 6.84. The molecule has 1 aromatic heterocycles. The maximum Gasteiger partial charge on any atom is 0.207 e. The Morgan fingerprint density at radius 3 is 2.12 bits per heavy atom. The van der Waals surface area contributed by atoms with E-state index in [-0.39, 0.29) is 11.5 Å². The van der Waals surface area contributed by atoms with E-state index in [2.05, 4.69) is 38.2 Å². The van der Waals surface area contributed by atoms with Gasteiger partial charge in [-0.2, -0.15) is 5.26 Å². The highest BCUT2D eigenvalue weighted by atomic mass is 19.1. The van der Waals surface area contributed by atoms with Gasteiger partial charge in [0, 0.05) is 31.9 Å². The van der Waals surface area contributed by atoms with Crippen LogP contribution in [-0.2, 0) is 0 Å². The van der Waals surface area contributed by atoms with Gasteiger partial charge in [0.2, 0.25) is 5.69 Å². The molecule has 7 heteroatoms. The van der Waals surface area contributed by atoms with Crippen LogP contribution in [0.15, 0.2) is 54.6 Å². The van der Waals surface area contributed by atoms with Gasteiger partial charge in [-0.1, -0.05) is 18.2 Å². The zero-order chi connectivity index (χ0) is 17.9. The highest BCUT2D eigenvalue weighted by Crippen LogP contribution is 2.22. The molecule has 1 saturated heterocycles. The number of anilines is 2. The molecule has 4 rings (SSSR count). The summed E-state index contributed by atoms with van der Waals surface area (Å²) in [7, 11) is 0. The van der Waals surface area contributed by atoms with Crippen LogP contribution in [0.4, 0.5) is 15.9 Å². The Morgan fingerprint density at radius 1 is 0.808 bits per heavy atom. The van der Waals surface area contributed by atoms with Crippen molar-refractivity contribution < 1.29 is 4.39 Å². The van der Waals surface area contributed by atoms with Crippen LogP contribution in [0.5, 0.6) is 0 Å². The predicted octanol–water partition coefficient (Wildman–Crippen LogP) is 2.60. The summed E-state index contributed by atoms with van der Waals surface area (Å²) >= 11 is 0. The van der Waals surface area contributed by atoms with E-state index in [1.165, 1.54) is 22.6 Å². The predicted molar refractivity (Wildman–Crippen MR) is 96.9 cm³/mol. The Labute approximate surface area is 150 Å². The van der Waals surface area contributed by atoms with Crippen molar-refractivity contribution in [1.82, 2.24) is 15.0 Å². The Balaban J connectivity index is 1.53. The number of nitrogens with zero attached hydrogens (tertiary/aromatic N) is 6. The molecular weight excluding hydrogens is 331 g/mol. The first kappa shape index (κ1) is 16.1. The molecule has 0 atom stereocenters. The highest BCUT2D eigenvalue weighted by Gasteiger charge is 2.23. The summed E-state index contributed by atoms with van der Waals surface area (Å²) in [5.41, 5.74) is 2.10. The lowest BCUT2D eigenvalue weighted by Crippen LogP contribution is -2.47. The molecule has 0 saturated carbocycles. The zero-order valence-electron chi connectivity index (χ0n) is 14.1. The first-order valence-electron chi connectivity index (χ1n) is 8.43. The van der Waals surface area contributed by atoms with Crippen LogP contribution in [0.25, 0.3) is 5.69 Å².